The molecule has 2 nitrogen and oxygen atoms in total. The van der Waals surface area contributed by atoms with Gasteiger partial charge in [-0.3, -0.25) is 4.79 Å². The van der Waals surface area contributed by atoms with Crippen LogP contribution in [0.4, 0.5) is 0 Å². The molecule has 0 heterocycles. The second-order valence-corrected chi connectivity index (χ2v) is 7.19. The maximum atomic E-state index is 12.9. The Labute approximate surface area is 110 Å². The largest absolute Gasteiger partial charge is 0.336 e. The van der Waals surface area contributed by atoms with Crippen molar-refractivity contribution in [1.29, 1.82) is 0 Å². The summed E-state index contributed by atoms with van der Waals surface area (Å²) in [6.45, 7) is 2.31. The Balaban J connectivity index is 1.47. The van der Waals surface area contributed by atoms with Gasteiger partial charge in [-0.2, -0.15) is 0 Å². The lowest BCUT2D eigenvalue weighted by Crippen LogP contribution is -2.43. The first-order chi connectivity index (χ1) is 8.77. The molecule has 0 aromatic rings. The second kappa shape index (κ2) is 3.98. The quantitative estimate of drug-likeness (QED) is 0.747. The zero-order valence-electron chi connectivity index (χ0n) is 11.5. The van der Waals surface area contributed by atoms with Crippen LogP contribution in [0.2, 0.25) is 0 Å². The molecule has 0 aromatic carbocycles. The van der Waals surface area contributed by atoms with Crippen LogP contribution in [0, 0.1) is 23.7 Å². The van der Waals surface area contributed by atoms with Crippen LogP contribution in [0.1, 0.15) is 58.3 Å². The molecule has 2 heteroatoms. The predicted octanol–water partition coefficient (Wildman–Crippen LogP) is 3.21. The van der Waals surface area contributed by atoms with Gasteiger partial charge in [0.2, 0.25) is 5.91 Å². The van der Waals surface area contributed by atoms with Gasteiger partial charge in [0.25, 0.3) is 0 Å². The number of hydrogen-bond donors (Lipinski definition) is 0. The zero-order chi connectivity index (χ0) is 12.3. The van der Waals surface area contributed by atoms with E-state index in [2.05, 4.69) is 11.8 Å². The van der Waals surface area contributed by atoms with Crippen molar-refractivity contribution in [3.8, 4) is 0 Å². The van der Waals surface area contributed by atoms with Crippen molar-refractivity contribution in [2.75, 3.05) is 0 Å². The molecule has 4 saturated carbocycles. The third-order valence-corrected chi connectivity index (χ3v) is 5.88. The van der Waals surface area contributed by atoms with E-state index < -0.39 is 0 Å². The van der Waals surface area contributed by atoms with Crippen molar-refractivity contribution >= 4 is 5.91 Å². The van der Waals surface area contributed by atoms with Crippen LogP contribution in [-0.2, 0) is 4.79 Å². The minimum Gasteiger partial charge on any atom is -0.336 e. The van der Waals surface area contributed by atoms with Gasteiger partial charge in [0.15, 0.2) is 0 Å². The Bertz CT molecular complexity index is 346. The monoisotopic (exact) mass is 247 g/mol. The maximum Gasteiger partial charge on any atom is 0.226 e. The molecule has 4 aliphatic carbocycles. The first-order valence-corrected chi connectivity index (χ1v) is 8.09. The van der Waals surface area contributed by atoms with Gasteiger partial charge in [0.1, 0.15) is 0 Å². The Hall–Kier alpha value is -0.530. The normalized spacial score (nSPS) is 39.9. The minimum atomic E-state index is 0.439. The third kappa shape index (κ3) is 1.80. The highest BCUT2D eigenvalue weighted by Crippen LogP contribution is 2.57. The highest BCUT2D eigenvalue weighted by Gasteiger charge is 2.57. The molecular weight excluding hydrogens is 222 g/mol. The topological polar surface area (TPSA) is 20.3 Å². The zero-order valence-corrected chi connectivity index (χ0v) is 11.5. The third-order valence-electron chi connectivity index (χ3n) is 5.88. The van der Waals surface area contributed by atoms with Crippen LogP contribution in [0.3, 0.4) is 0 Å². The van der Waals surface area contributed by atoms with Crippen LogP contribution in [-0.4, -0.2) is 22.9 Å². The van der Waals surface area contributed by atoms with Crippen LogP contribution in [0.25, 0.3) is 0 Å². The first-order valence-electron chi connectivity index (χ1n) is 8.09. The summed E-state index contributed by atoms with van der Waals surface area (Å²) >= 11 is 0. The number of fused-ring (bicyclic) bond motifs is 1. The lowest BCUT2D eigenvalue weighted by molar-refractivity contribution is -0.136. The Morgan fingerprint density at radius 3 is 2.11 bits per heavy atom. The number of carbonyl (C=O) groups is 1. The molecule has 0 N–H and O–H groups in total. The maximum absolute atomic E-state index is 12.9. The van der Waals surface area contributed by atoms with Crippen molar-refractivity contribution in [1.82, 2.24) is 4.90 Å². The molecule has 0 aromatic heterocycles. The smallest absolute Gasteiger partial charge is 0.226 e. The average molecular weight is 247 g/mol. The van der Waals surface area contributed by atoms with Gasteiger partial charge in [0, 0.05) is 18.0 Å². The Morgan fingerprint density at radius 1 is 1.00 bits per heavy atom. The molecule has 0 unspecified atom stereocenters. The summed E-state index contributed by atoms with van der Waals surface area (Å²) in [7, 11) is 0. The van der Waals surface area contributed by atoms with E-state index in [0.717, 1.165) is 17.8 Å². The van der Waals surface area contributed by atoms with Gasteiger partial charge in [-0.1, -0.05) is 12.8 Å². The molecule has 4 rings (SSSR count). The molecule has 0 spiro atoms. The molecule has 0 bridgehead atoms. The van der Waals surface area contributed by atoms with E-state index in [1.807, 2.05) is 0 Å². The van der Waals surface area contributed by atoms with Crippen LogP contribution >= 0.6 is 0 Å². The van der Waals surface area contributed by atoms with Gasteiger partial charge >= 0.3 is 0 Å². The second-order valence-electron chi connectivity index (χ2n) is 7.19. The fraction of sp³-hybridized carbons (Fsp3) is 0.938. The number of rotatable bonds is 4. The molecule has 4 aliphatic rings. The van der Waals surface area contributed by atoms with Crippen molar-refractivity contribution in [3.63, 3.8) is 0 Å². The number of hydrogen-bond acceptors (Lipinski definition) is 1. The number of amides is 1. The molecule has 4 fully saturated rings. The lowest BCUT2D eigenvalue weighted by atomic mass is 10.0. The summed E-state index contributed by atoms with van der Waals surface area (Å²) in [4.78, 5) is 15.2. The lowest BCUT2D eigenvalue weighted by Gasteiger charge is -2.30. The number of carbonyl (C=O) groups excluding carboxylic acids is 1. The first kappa shape index (κ1) is 11.3. The summed E-state index contributed by atoms with van der Waals surface area (Å²) in [6, 6.07) is 1.16. The van der Waals surface area contributed by atoms with E-state index in [0.29, 0.717) is 23.9 Å². The molecule has 3 atom stereocenters. The van der Waals surface area contributed by atoms with Crippen molar-refractivity contribution in [3.05, 3.63) is 0 Å². The molecular formula is C16H25NO. The summed E-state index contributed by atoms with van der Waals surface area (Å²) < 4.78 is 0. The van der Waals surface area contributed by atoms with Crippen LogP contribution < -0.4 is 0 Å². The number of nitrogens with zero attached hydrogens (tertiary/aromatic N) is 1. The van der Waals surface area contributed by atoms with Crippen molar-refractivity contribution in [2.45, 2.75) is 70.4 Å². The van der Waals surface area contributed by atoms with E-state index in [4.69, 9.17) is 0 Å². The summed E-state index contributed by atoms with van der Waals surface area (Å²) in [5.74, 6) is 3.37. The van der Waals surface area contributed by atoms with Gasteiger partial charge in [-0.05, 0) is 63.2 Å². The molecule has 0 saturated heterocycles. The molecule has 0 aliphatic heterocycles. The minimum absolute atomic E-state index is 0.439. The van der Waals surface area contributed by atoms with E-state index >= 15 is 0 Å². The van der Waals surface area contributed by atoms with E-state index in [1.165, 1.54) is 51.4 Å². The van der Waals surface area contributed by atoms with Gasteiger partial charge in [-0.15, -0.1) is 0 Å². The fourth-order valence-corrected chi connectivity index (χ4v) is 4.40. The van der Waals surface area contributed by atoms with Gasteiger partial charge in [0.05, 0.1) is 0 Å². The van der Waals surface area contributed by atoms with Crippen LogP contribution in [0.15, 0.2) is 0 Å². The molecule has 100 valence electrons. The SMILES string of the molecule is C[C@H](C1CC1)N(C(=O)C1[C@@H]2CCCC[C@@H]12)C1CC1. The highest BCUT2D eigenvalue weighted by atomic mass is 16.2. The van der Waals surface area contributed by atoms with Gasteiger partial charge < -0.3 is 4.90 Å². The van der Waals surface area contributed by atoms with E-state index in [1.54, 1.807) is 0 Å². The molecule has 18 heavy (non-hydrogen) atoms. The van der Waals surface area contributed by atoms with E-state index in [9.17, 15) is 4.79 Å². The van der Waals surface area contributed by atoms with Gasteiger partial charge in [-0.25, -0.2) is 0 Å². The molecule has 0 radical (unpaired) electrons. The predicted molar refractivity (Wildman–Crippen MR) is 71.0 cm³/mol. The Morgan fingerprint density at radius 2 is 1.61 bits per heavy atom. The summed E-state index contributed by atoms with van der Waals surface area (Å²) in [5, 5.41) is 0. The standard InChI is InChI=1S/C16H25NO/c1-10(11-6-7-11)17(12-8-9-12)16(18)15-13-4-2-3-5-14(13)15/h10-15H,2-9H2,1H3/t10-,13-,14-/m1/s1. The Kier molecular flexibility index (Phi) is 2.50. The summed E-state index contributed by atoms with van der Waals surface area (Å²) in [5.41, 5.74) is 0. The fourth-order valence-electron chi connectivity index (χ4n) is 4.40. The average Bonchev–Trinajstić information content (AvgIpc) is 3.25. The van der Waals surface area contributed by atoms with Crippen LogP contribution in [0.5, 0.6) is 0 Å². The van der Waals surface area contributed by atoms with Crippen molar-refractivity contribution < 1.29 is 4.79 Å². The summed E-state index contributed by atoms with van der Waals surface area (Å²) in [6.07, 6.45) is 10.6. The van der Waals surface area contributed by atoms with E-state index in [-0.39, 0.29) is 0 Å². The highest BCUT2D eigenvalue weighted by molar-refractivity contribution is 5.83. The molecule has 1 amide bonds. The van der Waals surface area contributed by atoms with Crippen molar-refractivity contribution in [2.24, 2.45) is 23.7 Å².